The van der Waals surface area contributed by atoms with E-state index in [9.17, 15) is 18.0 Å². The van der Waals surface area contributed by atoms with E-state index in [0.29, 0.717) is 0 Å². The van der Waals surface area contributed by atoms with Crippen molar-refractivity contribution in [3.05, 3.63) is 28.8 Å². The van der Waals surface area contributed by atoms with Crippen LogP contribution in [0.25, 0.3) is 0 Å². The number of rotatable bonds is 4. The maximum absolute atomic E-state index is 12.5. The lowest BCUT2D eigenvalue weighted by molar-refractivity contribution is -0.137. The fraction of sp³-hybridized carbons (Fsp3) is 0.462. The van der Waals surface area contributed by atoms with Gasteiger partial charge in [-0.25, -0.2) is 0 Å². The molecular formula is C13H16ClF3N2O. The van der Waals surface area contributed by atoms with E-state index in [0.717, 1.165) is 12.1 Å². The molecule has 0 radical (unpaired) electrons. The first-order valence-electron chi connectivity index (χ1n) is 6.05. The van der Waals surface area contributed by atoms with Crippen molar-refractivity contribution in [2.75, 3.05) is 5.32 Å². The molecule has 0 aliphatic rings. The zero-order valence-electron chi connectivity index (χ0n) is 11.3. The van der Waals surface area contributed by atoms with Gasteiger partial charge in [0.25, 0.3) is 0 Å². The third-order valence-corrected chi connectivity index (χ3v) is 2.81. The van der Waals surface area contributed by atoms with Crippen molar-refractivity contribution in [1.82, 2.24) is 5.32 Å². The third kappa shape index (κ3) is 4.59. The first-order chi connectivity index (χ1) is 9.11. The van der Waals surface area contributed by atoms with E-state index < -0.39 is 17.8 Å². The number of hydrogen-bond acceptors (Lipinski definition) is 2. The molecule has 1 unspecified atom stereocenters. The summed E-state index contributed by atoms with van der Waals surface area (Å²) in [6, 6.07) is 2.34. The van der Waals surface area contributed by atoms with Crippen LogP contribution in [0.2, 0.25) is 5.02 Å². The molecule has 7 heteroatoms. The van der Waals surface area contributed by atoms with E-state index in [1.807, 2.05) is 13.8 Å². The van der Waals surface area contributed by atoms with Gasteiger partial charge in [0, 0.05) is 6.04 Å². The molecule has 2 N–H and O–H groups in total. The Bertz CT molecular complexity index is 489. The summed E-state index contributed by atoms with van der Waals surface area (Å²) in [5.74, 6) is -0.254. The zero-order valence-corrected chi connectivity index (χ0v) is 12.1. The Morgan fingerprint density at radius 3 is 2.30 bits per heavy atom. The molecule has 20 heavy (non-hydrogen) atoms. The Morgan fingerprint density at radius 2 is 1.85 bits per heavy atom. The Balaban J connectivity index is 2.81. The Morgan fingerprint density at radius 1 is 1.25 bits per heavy atom. The molecule has 1 atom stereocenters. The molecule has 0 spiro atoms. The number of alkyl halides is 3. The summed E-state index contributed by atoms with van der Waals surface area (Å²) in [5.41, 5.74) is -0.543. The number of carbonyl (C=O) groups excluding carboxylic acids is 1. The number of hydrogen-bond donors (Lipinski definition) is 2. The van der Waals surface area contributed by atoms with Crippen LogP contribution in [-0.4, -0.2) is 18.0 Å². The molecule has 1 amide bonds. The summed E-state index contributed by atoms with van der Waals surface area (Å²) in [7, 11) is 0. The minimum atomic E-state index is -4.44. The SMILES string of the molecule is CC(C)NC(=O)C(C)Nc1ccc(C(F)(F)F)cc1Cl. The van der Waals surface area contributed by atoms with Crippen molar-refractivity contribution in [3.63, 3.8) is 0 Å². The van der Waals surface area contributed by atoms with Crippen molar-refractivity contribution < 1.29 is 18.0 Å². The lowest BCUT2D eigenvalue weighted by atomic mass is 10.2. The second-order valence-corrected chi connectivity index (χ2v) is 5.13. The van der Waals surface area contributed by atoms with Crippen molar-refractivity contribution in [1.29, 1.82) is 0 Å². The highest BCUT2D eigenvalue weighted by Crippen LogP contribution is 2.33. The standard InChI is InChI=1S/C13H16ClF3N2O/c1-7(2)18-12(20)8(3)19-11-5-4-9(6-10(11)14)13(15,16)17/h4-8,19H,1-3H3,(H,18,20). The number of amides is 1. The second-order valence-electron chi connectivity index (χ2n) is 4.72. The van der Waals surface area contributed by atoms with Gasteiger partial charge in [0.1, 0.15) is 6.04 Å². The molecule has 0 heterocycles. The smallest absolute Gasteiger partial charge is 0.373 e. The Labute approximate surface area is 120 Å². The van der Waals surface area contributed by atoms with Crippen LogP contribution in [0.5, 0.6) is 0 Å². The van der Waals surface area contributed by atoms with E-state index >= 15 is 0 Å². The van der Waals surface area contributed by atoms with E-state index in [-0.39, 0.29) is 22.7 Å². The largest absolute Gasteiger partial charge is 0.416 e. The van der Waals surface area contributed by atoms with Crippen LogP contribution in [0.4, 0.5) is 18.9 Å². The first kappa shape index (κ1) is 16.6. The Kier molecular flexibility index (Phi) is 5.28. The molecule has 1 rings (SSSR count). The summed E-state index contributed by atoms with van der Waals surface area (Å²) in [6.45, 7) is 5.23. The molecule has 0 fully saturated rings. The normalized spacial score (nSPS) is 13.2. The van der Waals surface area contributed by atoms with E-state index in [4.69, 9.17) is 11.6 Å². The van der Waals surface area contributed by atoms with Gasteiger partial charge in [-0.3, -0.25) is 4.79 Å². The molecule has 0 saturated carbocycles. The fourth-order valence-electron chi connectivity index (χ4n) is 1.52. The van der Waals surface area contributed by atoms with E-state index in [1.54, 1.807) is 6.92 Å². The molecule has 0 aliphatic carbocycles. The quantitative estimate of drug-likeness (QED) is 0.891. The molecular weight excluding hydrogens is 293 g/mol. The van der Waals surface area contributed by atoms with Gasteiger partial charge in [0.15, 0.2) is 0 Å². The third-order valence-electron chi connectivity index (χ3n) is 2.49. The number of nitrogens with one attached hydrogen (secondary N) is 2. The number of carbonyl (C=O) groups is 1. The maximum Gasteiger partial charge on any atom is 0.416 e. The summed E-state index contributed by atoms with van der Waals surface area (Å²) in [4.78, 5) is 11.7. The van der Waals surface area contributed by atoms with Crippen LogP contribution < -0.4 is 10.6 Å². The molecule has 112 valence electrons. The molecule has 0 bridgehead atoms. The number of halogens is 4. The van der Waals surface area contributed by atoms with Crippen molar-refractivity contribution in [2.45, 2.75) is 39.0 Å². The number of benzene rings is 1. The van der Waals surface area contributed by atoms with Crippen molar-refractivity contribution >= 4 is 23.2 Å². The minimum Gasteiger partial charge on any atom is -0.373 e. The Hall–Kier alpha value is -1.43. The topological polar surface area (TPSA) is 41.1 Å². The number of anilines is 1. The van der Waals surface area contributed by atoms with Gasteiger partial charge < -0.3 is 10.6 Å². The molecule has 1 aromatic carbocycles. The highest BCUT2D eigenvalue weighted by molar-refractivity contribution is 6.33. The van der Waals surface area contributed by atoms with Gasteiger partial charge in [0.05, 0.1) is 16.3 Å². The second kappa shape index (κ2) is 6.35. The van der Waals surface area contributed by atoms with Gasteiger partial charge >= 0.3 is 6.18 Å². The average Bonchev–Trinajstić information content (AvgIpc) is 2.29. The van der Waals surface area contributed by atoms with E-state index in [1.165, 1.54) is 6.07 Å². The first-order valence-corrected chi connectivity index (χ1v) is 6.42. The lowest BCUT2D eigenvalue weighted by Gasteiger charge is -2.18. The van der Waals surface area contributed by atoms with Crippen LogP contribution >= 0.6 is 11.6 Å². The minimum absolute atomic E-state index is 0.0187. The highest BCUT2D eigenvalue weighted by Gasteiger charge is 2.31. The zero-order chi connectivity index (χ0) is 15.5. The maximum atomic E-state index is 12.5. The van der Waals surface area contributed by atoms with Crippen LogP contribution in [0.3, 0.4) is 0 Å². The summed E-state index contributed by atoms with van der Waals surface area (Å²) < 4.78 is 37.5. The van der Waals surface area contributed by atoms with Crippen LogP contribution in [0.1, 0.15) is 26.3 Å². The predicted octanol–water partition coefficient (Wildman–Crippen LogP) is 3.68. The van der Waals surface area contributed by atoms with Gasteiger partial charge in [-0.15, -0.1) is 0 Å². The van der Waals surface area contributed by atoms with Crippen LogP contribution in [0, 0.1) is 0 Å². The highest BCUT2D eigenvalue weighted by atomic mass is 35.5. The van der Waals surface area contributed by atoms with Crippen molar-refractivity contribution in [3.8, 4) is 0 Å². The molecule has 0 aromatic heterocycles. The molecule has 0 saturated heterocycles. The van der Waals surface area contributed by atoms with Crippen LogP contribution in [0.15, 0.2) is 18.2 Å². The van der Waals surface area contributed by atoms with Gasteiger partial charge in [-0.05, 0) is 39.0 Å². The fourth-order valence-corrected chi connectivity index (χ4v) is 1.75. The molecule has 0 aliphatic heterocycles. The van der Waals surface area contributed by atoms with Crippen molar-refractivity contribution in [2.24, 2.45) is 0 Å². The summed E-state index contributed by atoms with van der Waals surface area (Å²) in [6.07, 6.45) is -4.44. The lowest BCUT2D eigenvalue weighted by Crippen LogP contribution is -2.41. The van der Waals surface area contributed by atoms with Crippen LogP contribution in [-0.2, 0) is 11.0 Å². The molecule has 1 aromatic rings. The van der Waals surface area contributed by atoms with Gasteiger partial charge in [-0.1, -0.05) is 11.6 Å². The monoisotopic (exact) mass is 308 g/mol. The predicted molar refractivity (Wildman–Crippen MR) is 72.8 cm³/mol. The van der Waals surface area contributed by atoms with Gasteiger partial charge in [0.2, 0.25) is 5.91 Å². The average molecular weight is 309 g/mol. The van der Waals surface area contributed by atoms with Gasteiger partial charge in [-0.2, -0.15) is 13.2 Å². The summed E-state index contributed by atoms with van der Waals surface area (Å²) >= 11 is 5.80. The molecule has 3 nitrogen and oxygen atoms in total. The summed E-state index contributed by atoms with van der Waals surface area (Å²) in [5, 5.41) is 5.40. The van der Waals surface area contributed by atoms with E-state index in [2.05, 4.69) is 10.6 Å².